The fourth-order valence-electron chi connectivity index (χ4n) is 1.93. The van der Waals surface area contributed by atoms with Gasteiger partial charge < -0.3 is 10.1 Å². The van der Waals surface area contributed by atoms with Gasteiger partial charge in [0.2, 0.25) is 0 Å². The van der Waals surface area contributed by atoms with Crippen molar-refractivity contribution >= 4 is 41.2 Å². The number of ether oxygens (including phenoxy) is 1. The SMILES string of the molecule is N#Cc1ccc(/C=C/C(=O)OCC(=O)NCc2ccc(Cl)cc2Cl)cc1. The number of carbonyl (C=O) groups is 2. The Bertz CT molecular complexity index is 871. The Morgan fingerprint density at radius 3 is 2.54 bits per heavy atom. The fourth-order valence-corrected chi connectivity index (χ4v) is 2.40. The highest BCUT2D eigenvalue weighted by Gasteiger charge is 2.07. The van der Waals surface area contributed by atoms with Crippen molar-refractivity contribution in [1.82, 2.24) is 5.32 Å². The number of rotatable bonds is 6. The van der Waals surface area contributed by atoms with E-state index in [0.29, 0.717) is 21.2 Å². The molecule has 0 aliphatic heterocycles. The minimum Gasteiger partial charge on any atom is -0.452 e. The maximum atomic E-state index is 11.7. The van der Waals surface area contributed by atoms with Crippen molar-refractivity contribution in [2.24, 2.45) is 0 Å². The fraction of sp³-hybridized carbons (Fsp3) is 0.105. The van der Waals surface area contributed by atoms with E-state index < -0.39 is 18.5 Å². The van der Waals surface area contributed by atoms with E-state index in [-0.39, 0.29) is 6.54 Å². The number of nitrogens with zero attached hydrogens (tertiary/aromatic N) is 1. The Kier molecular flexibility index (Phi) is 7.22. The smallest absolute Gasteiger partial charge is 0.331 e. The summed E-state index contributed by atoms with van der Waals surface area (Å²) in [5.41, 5.74) is 1.97. The van der Waals surface area contributed by atoms with Crippen molar-refractivity contribution in [3.05, 3.63) is 75.3 Å². The lowest BCUT2D eigenvalue weighted by Crippen LogP contribution is -2.28. The molecule has 0 radical (unpaired) electrons. The zero-order valence-corrected chi connectivity index (χ0v) is 15.1. The summed E-state index contributed by atoms with van der Waals surface area (Å²) in [6, 6.07) is 13.6. The second kappa shape index (κ2) is 9.62. The second-order valence-electron chi connectivity index (χ2n) is 5.19. The quantitative estimate of drug-likeness (QED) is 0.603. The van der Waals surface area contributed by atoms with Gasteiger partial charge in [0.1, 0.15) is 0 Å². The zero-order valence-electron chi connectivity index (χ0n) is 13.5. The summed E-state index contributed by atoms with van der Waals surface area (Å²) in [7, 11) is 0. The van der Waals surface area contributed by atoms with Crippen LogP contribution in [0.3, 0.4) is 0 Å². The molecule has 0 aliphatic rings. The molecule has 7 heteroatoms. The van der Waals surface area contributed by atoms with Crippen LogP contribution in [0.15, 0.2) is 48.5 Å². The van der Waals surface area contributed by atoms with Gasteiger partial charge >= 0.3 is 5.97 Å². The van der Waals surface area contributed by atoms with Crippen molar-refractivity contribution in [2.45, 2.75) is 6.54 Å². The van der Waals surface area contributed by atoms with Gasteiger partial charge in [-0.15, -0.1) is 0 Å². The molecule has 2 aromatic carbocycles. The molecule has 1 amide bonds. The van der Waals surface area contributed by atoms with E-state index in [1.165, 1.54) is 12.2 Å². The molecule has 0 saturated carbocycles. The Hall–Kier alpha value is -2.81. The Morgan fingerprint density at radius 2 is 1.88 bits per heavy atom. The third kappa shape index (κ3) is 6.25. The Balaban J connectivity index is 1.76. The van der Waals surface area contributed by atoms with Crippen LogP contribution in [-0.4, -0.2) is 18.5 Å². The molecule has 0 saturated heterocycles. The van der Waals surface area contributed by atoms with Crippen molar-refractivity contribution < 1.29 is 14.3 Å². The average Bonchev–Trinajstić information content (AvgIpc) is 2.64. The molecular formula is C19H14Cl2N2O3. The molecule has 0 bridgehead atoms. The first-order chi connectivity index (χ1) is 12.5. The van der Waals surface area contributed by atoms with Crippen LogP contribution in [0.4, 0.5) is 0 Å². The van der Waals surface area contributed by atoms with Crippen molar-refractivity contribution in [3.8, 4) is 6.07 Å². The second-order valence-corrected chi connectivity index (χ2v) is 6.03. The first-order valence-corrected chi connectivity index (χ1v) is 8.29. The van der Waals surface area contributed by atoms with Crippen molar-refractivity contribution in [1.29, 1.82) is 5.26 Å². The van der Waals surface area contributed by atoms with Crippen LogP contribution < -0.4 is 5.32 Å². The minimum absolute atomic E-state index is 0.202. The van der Waals surface area contributed by atoms with E-state index in [4.69, 9.17) is 33.2 Å². The predicted octanol–water partition coefficient (Wildman–Crippen LogP) is 3.74. The molecule has 26 heavy (non-hydrogen) atoms. The zero-order chi connectivity index (χ0) is 18.9. The third-order valence-corrected chi connectivity index (χ3v) is 3.88. The van der Waals surface area contributed by atoms with Crippen LogP contribution in [0.2, 0.25) is 10.0 Å². The number of nitrogens with one attached hydrogen (secondary N) is 1. The van der Waals surface area contributed by atoms with Gasteiger partial charge in [-0.1, -0.05) is 41.4 Å². The number of hydrogen-bond acceptors (Lipinski definition) is 4. The van der Waals surface area contributed by atoms with E-state index in [1.807, 2.05) is 6.07 Å². The molecule has 5 nitrogen and oxygen atoms in total. The maximum Gasteiger partial charge on any atom is 0.331 e. The van der Waals surface area contributed by atoms with E-state index in [1.54, 1.807) is 42.5 Å². The molecule has 0 heterocycles. The van der Waals surface area contributed by atoms with E-state index in [9.17, 15) is 9.59 Å². The number of benzene rings is 2. The molecule has 0 aliphatic carbocycles. The molecule has 0 aromatic heterocycles. The molecular weight excluding hydrogens is 375 g/mol. The number of amides is 1. The highest BCUT2D eigenvalue weighted by atomic mass is 35.5. The monoisotopic (exact) mass is 388 g/mol. The van der Waals surface area contributed by atoms with Crippen LogP contribution in [-0.2, 0) is 20.9 Å². The standard InChI is InChI=1S/C19H14Cl2N2O3/c20-16-7-6-15(17(21)9-16)11-23-18(24)12-26-19(25)8-5-13-1-3-14(10-22)4-2-13/h1-9H,11-12H2,(H,23,24)/b8-5+. The lowest BCUT2D eigenvalue weighted by molar-refractivity contribution is -0.143. The van der Waals surface area contributed by atoms with Crippen LogP contribution in [0.1, 0.15) is 16.7 Å². The van der Waals surface area contributed by atoms with Gasteiger partial charge in [-0.05, 0) is 41.5 Å². The van der Waals surface area contributed by atoms with Gasteiger partial charge in [0.05, 0.1) is 11.6 Å². The molecule has 132 valence electrons. The van der Waals surface area contributed by atoms with E-state index in [0.717, 1.165) is 5.56 Å². The number of carbonyl (C=O) groups excluding carboxylic acids is 2. The van der Waals surface area contributed by atoms with Crippen LogP contribution >= 0.6 is 23.2 Å². The Labute approximate surface area is 160 Å². The number of halogens is 2. The summed E-state index contributed by atoms with van der Waals surface area (Å²) in [5, 5.41) is 12.3. The van der Waals surface area contributed by atoms with Gasteiger partial charge in [-0.3, -0.25) is 4.79 Å². The third-order valence-electron chi connectivity index (χ3n) is 3.29. The van der Waals surface area contributed by atoms with Gasteiger partial charge in [0.15, 0.2) is 6.61 Å². The summed E-state index contributed by atoms with van der Waals surface area (Å²) in [6.45, 7) is -0.199. The van der Waals surface area contributed by atoms with Crippen LogP contribution in [0.25, 0.3) is 6.08 Å². The summed E-state index contributed by atoms with van der Waals surface area (Å²) < 4.78 is 4.86. The van der Waals surface area contributed by atoms with Gasteiger partial charge in [-0.25, -0.2) is 4.79 Å². The molecule has 2 rings (SSSR count). The molecule has 0 unspecified atom stereocenters. The highest BCUT2D eigenvalue weighted by Crippen LogP contribution is 2.20. The molecule has 1 N–H and O–H groups in total. The van der Waals surface area contributed by atoms with Crippen LogP contribution in [0.5, 0.6) is 0 Å². The lowest BCUT2D eigenvalue weighted by Gasteiger charge is -2.07. The number of esters is 1. The summed E-state index contributed by atoms with van der Waals surface area (Å²) >= 11 is 11.8. The molecule has 0 fully saturated rings. The highest BCUT2D eigenvalue weighted by molar-refractivity contribution is 6.35. The summed E-state index contributed by atoms with van der Waals surface area (Å²) in [6.07, 6.45) is 2.75. The lowest BCUT2D eigenvalue weighted by atomic mass is 10.1. The number of nitriles is 1. The molecule has 0 atom stereocenters. The summed E-state index contributed by atoms with van der Waals surface area (Å²) in [4.78, 5) is 23.4. The first kappa shape index (κ1) is 19.5. The minimum atomic E-state index is -0.644. The van der Waals surface area contributed by atoms with Gasteiger partial charge in [0, 0.05) is 22.7 Å². The van der Waals surface area contributed by atoms with Crippen molar-refractivity contribution in [3.63, 3.8) is 0 Å². The summed E-state index contributed by atoms with van der Waals surface area (Å²) in [5.74, 6) is -1.09. The van der Waals surface area contributed by atoms with Gasteiger partial charge in [-0.2, -0.15) is 5.26 Å². The molecule has 0 spiro atoms. The first-order valence-electron chi connectivity index (χ1n) is 7.53. The van der Waals surface area contributed by atoms with E-state index in [2.05, 4.69) is 5.32 Å². The van der Waals surface area contributed by atoms with E-state index >= 15 is 0 Å². The topological polar surface area (TPSA) is 79.2 Å². The van der Waals surface area contributed by atoms with Crippen LogP contribution in [0, 0.1) is 11.3 Å². The largest absolute Gasteiger partial charge is 0.452 e. The van der Waals surface area contributed by atoms with Crippen molar-refractivity contribution in [2.75, 3.05) is 6.61 Å². The van der Waals surface area contributed by atoms with Gasteiger partial charge in [0.25, 0.3) is 5.91 Å². The maximum absolute atomic E-state index is 11.7. The Morgan fingerprint density at radius 1 is 1.15 bits per heavy atom. The normalized spacial score (nSPS) is 10.3. The molecule has 2 aromatic rings. The predicted molar refractivity (Wildman–Crippen MR) is 99.5 cm³/mol. The average molecular weight is 389 g/mol. The number of hydrogen-bond donors (Lipinski definition) is 1.